The molecular weight excluding hydrogens is 516 g/mol. The van der Waals surface area contributed by atoms with E-state index in [1.165, 1.54) is 6.42 Å². The number of aromatic nitrogens is 1. The van der Waals surface area contributed by atoms with Gasteiger partial charge in [0.1, 0.15) is 17.6 Å². The van der Waals surface area contributed by atoms with Gasteiger partial charge in [-0.15, -0.1) is 0 Å². The highest BCUT2D eigenvalue weighted by Crippen LogP contribution is 2.32. The van der Waals surface area contributed by atoms with Gasteiger partial charge in [-0.3, -0.25) is 19.3 Å². The molecule has 2 N–H and O–H groups in total. The molecule has 1 unspecified atom stereocenters. The highest BCUT2D eigenvalue weighted by Gasteiger charge is 2.34. The second-order valence-corrected chi connectivity index (χ2v) is 10.7. The lowest BCUT2D eigenvalue weighted by Gasteiger charge is -2.34. The van der Waals surface area contributed by atoms with Crippen molar-refractivity contribution in [1.29, 1.82) is 0 Å². The van der Waals surface area contributed by atoms with Gasteiger partial charge in [0.25, 0.3) is 0 Å². The Labute approximate surface area is 242 Å². The number of ether oxygens (including phenoxy) is 1. The molecule has 0 radical (unpaired) electrons. The predicted molar refractivity (Wildman–Crippen MR) is 161 cm³/mol. The van der Waals surface area contributed by atoms with Crippen LogP contribution in [0.4, 0.5) is 11.5 Å². The Hall–Kier alpha value is -4.20. The third kappa shape index (κ3) is 8.39. The highest BCUT2D eigenvalue weighted by atomic mass is 16.5. The van der Waals surface area contributed by atoms with Gasteiger partial charge < -0.3 is 15.4 Å². The number of amides is 3. The first-order valence-corrected chi connectivity index (χ1v) is 14.4. The van der Waals surface area contributed by atoms with E-state index in [2.05, 4.69) is 15.6 Å². The summed E-state index contributed by atoms with van der Waals surface area (Å²) in [6, 6.07) is 17.7. The van der Waals surface area contributed by atoms with E-state index in [1.54, 1.807) is 36.4 Å². The maximum atomic E-state index is 14.0. The van der Waals surface area contributed by atoms with E-state index in [4.69, 9.17) is 4.74 Å². The SMILES string of the molecule is COc1ccc(C(C(=O)NC2CCCCC2)N(C(=O)CCCC(=O)Nc2ccccn2)c2cc(C)cc(C)c2)cc1. The Morgan fingerprint density at radius 2 is 1.66 bits per heavy atom. The van der Waals surface area contributed by atoms with Gasteiger partial charge in [0.2, 0.25) is 17.7 Å². The number of anilines is 2. The Bertz CT molecular complexity index is 1300. The summed E-state index contributed by atoms with van der Waals surface area (Å²) in [5.41, 5.74) is 3.34. The van der Waals surface area contributed by atoms with Crippen LogP contribution < -0.4 is 20.3 Å². The summed E-state index contributed by atoms with van der Waals surface area (Å²) in [4.78, 5) is 46.3. The Balaban J connectivity index is 1.61. The summed E-state index contributed by atoms with van der Waals surface area (Å²) in [5.74, 6) is 0.502. The third-order valence-electron chi connectivity index (χ3n) is 7.37. The van der Waals surface area contributed by atoms with Gasteiger partial charge in [0.15, 0.2) is 0 Å². The summed E-state index contributed by atoms with van der Waals surface area (Å²) in [6.45, 7) is 3.96. The molecule has 2 aromatic carbocycles. The zero-order valence-electron chi connectivity index (χ0n) is 24.2. The lowest BCUT2D eigenvalue weighted by molar-refractivity contribution is -0.127. The van der Waals surface area contributed by atoms with Crippen molar-refractivity contribution >= 4 is 29.2 Å². The molecule has 1 aliphatic carbocycles. The fraction of sp³-hybridized carbons (Fsp3) is 0.394. The van der Waals surface area contributed by atoms with Gasteiger partial charge in [-0.1, -0.05) is 43.5 Å². The van der Waals surface area contributed by atoms with E-state index in [9.17, 15) is 14.4 Å². The second kappa shape index (κ2) is 14.4. The topological polar surface area (TPSA) is 101 Å². The predicted octanol–water partition coefficient (Wildman–Crippen LogP) is 6.04. The standard InChI is InChI=1S/C33H40N4O4/c1-23-20-24(2)22-27(21-23)37(31(39)14-9-13-30(38)36-29-12-7-8-19-34-29)32(25-15-17-28(41-3)18-16-25)33(40)35-26-10-5-4-6-11-26/h7-8,12,15-22,26,32H,4-6,9-11,13-14H2,1-3H3,(H,35,40)(H,34,36,38). The molecule has 3 aromatic rings. The molecule has 1 saturated carbocycles. The lowest BCUT2D eigenvalue weighted by atomic mass is 9.94. The molecule has 41 heavy (non-hydrogen) atoms. The van der Waals surface area contributed by atoms with Crippen LogP contribution in [0.5, 0.6) is 5.75 Å². The number of hydrogen-bond donors (Lipinski definition) is 2. The third-order valence-corrected chi connectivity index (χ3v) is 7.37. The minimum atomic E-state index is -0.876. The van der Waals surface area contributed by atoms with Gasteiger partial charge in [-0.2, -0.15) is 0 Å². The molecule has 0 saturated heterocycles. The van der Waals surface area contributed by atoms with Gasteiger partial charge >= 0.3 is 0 Å². The largest absolute Gasteiger partial charge is 0.497 e. The molecule has 8 heteroatoms. The van der Waals surface area contributed by atoms with Crippen LogP contribution in [-0.4, -0.2) is 35.9 Å². The van der Waals surface area contributed by atoms with E-state index in [1.807, 2.05) is 56.3 Å². The molecule has 0 bridgehead atoms. The monoisotopic (exact) mass is 556 g/mol. The fourth-order valence-electron chi connectivity index (χ4n) is 5.42. The van der Waals surface area contributed by atoms with Crippen LogP contribution in [0.3, 0.4) is 0 Å². The van der Waals surface area contributed by atoms with E-state index in [0.717, 1.165) is 36.8 Å². The number of carbonyl (C=O) groups excluding carboxylic acids is 3. The van der Waals surface area contributed by atoms with Crippen LogP contribution in [-0.2, 0) is 14.4 Å². The molecule has 3 amide bonds. The van der Waals surface area contributed by atoms with Gasteiger partial charge in [0, 0.05) is 30.8 Å². The van der Waals surface area contributed by atoms with E-state index < -0.39 is 6.04 Å². The van der Waals surface area contributed by atoms with Crippen molar-refractivity contribution in [1.82, 2.24) is 10.3 Å². The minimum Gasteiger partial charge on any atom is -0.497 e. The number of carbonyl (C=O) groups is 3. The number of rotatable bonds is 11. The summed E-state index contributed by atoms with van der Waals surface area (Å²) in [6.07, 6.45) is 7.41. The van der Waals surface area contributed by atoms with Gasteiger partial charge in [0.05, 0.1) is 7.11 Å². The maximum absolute atomic E-state index is 14.0. The number of benzene rings is 2. The first-order valence-electron chi connectivity index (χ1n) is 14.4. The summed E-state index contributed by atoms with van der Waals surface area (Å²) in [5, 5.41) is 6.01. The van der Waals surface area contributed by atoms with Gasteiger partial charge in [-0.25, -0.2) is 4.98 Å². The van der Waals surface area contributed by atoms with Crippen molar-refractivity contribution in [2.75, 3.05) is 17.3 Å². The highest BCUT2D eigenvalue weighted by molar-refractivity contribution is 6.01. The Morgan fingerprint density at radius 3 is 2.29 bits per heavy atom. The average Bonchev–Trinajstić information content (AvgIpc) is 2.96. The molecule has 1 fully saturated rings. The smallest absolute Gasteiger partial charge is 0.248 e. The second-order valence-electron chi connectivity index (χ2n) is 10.7. The molecule has 1 atom stereocenters. The first kappa shape index (κ1) is 29.8. The summed E-state index contributed by atoms with van der Waals surface area (Å²) >= 11 is 0. The molecule has 1 heterocycles. The van der Waals surface area contributed by atoms with Crippen LogP contribution in [0.2, 0.25) is 0 Å². The Kier molecular flexibility index (Phi) is 10.5. The van der Waals surface area contributed by atoms with Crippen molar-refractivity contribution in [3.8, 4) is 5.75 Å². The zero-order valence-corrected chi connectivity index (χ0v) is 24.2. The Morgan fingerprint density at radius 1 is 0.951 bits per heavy atom. The number of aryl methyl sites for hydroxylation is 2. The zero-order chi connectivity index (χ0) is 29.2. The number of pyridine rings is 1. The summed E-state index contributed by atoms with van der Waals surface area (Å²) < 4.78 is 5.35. The van der Waals surface area contributed by atoms with E-state index >= 15 is 0 Å². The average molecular weight is 557 g/mol. The van der Waals surface area contributed by atoms with Crippen LogP contribution >= 0.6 is 0 Å². The van der Waals surface area contributed by atoms with Crippen molar-refractivity contribution in [2.45, 2.75) is 77.3 Å². The van der Waals surface area contributed by atoms with Crippen LogP contribution in [0.1, 0.15) is 74.1 Å². The van der Waals surface area contributed by atoms with Crippen molar-refractivity contribution < 1.29 is 19.1 Å². The summed E-state index contributed by atoms with van der Waals surface area (Å²) in [7, 11) is 1.59. The number of hydrogen-bond acceptors (Lipinski definition) is 5. The van der Waals surface area contributed by atoms with Gasteiger partial charge in [-0.05, 0) is 86.2 Å². The molecule has 8 nitrogen and oxygen atoms in total. The fourth-order valence-corrected chi connectivity index (χ4v) is 5.42. The normalized spacial score (nSPS) is 14.1. The van der Waals surface area contributed by atoms with Crippen molar-refractivity contribution in [3.63, 3.8) is 0 Å². The molecule has 0 aliphatic heterocycles. The van der Waals surface area contributed by atoms with Crippen LogP contribution in [0.25, 0.3) is 0 Å². The minimum absolute atomic E-state index is 0.0866. The molecule has 1 aliphatic rings. The van der Waals surface area contributed by atoms with E-state index in [0.29, 0.717) is 29.2 Å². The first-order chi connectivity index (χ1) is 19.8. The molecule has 1 aromatic heterocycles. The van der Waals surface area contributed by atoms with E-state index in [-0.39, 0.29) is 36.6 Å². The maximum Gasteiger partial charge on any atom is 0.248 e. The molecular formula is C33H40N4O4. The van der Waals surface area contributed by atoms with Crippen molar-refractivity contribution in [3.05, 3.63) is 83.6 Å². The number of nitrogens with one attached hydrogen (secondary N) is 2. The lowest BCUT2D eigenvalue weighted by Crippen LogP contribution is -2.47. The van der Waals surface area contributed by atoms with Crippen LogP contribution in [0.15, 0.2) is 66.9 Å². The molecule has 216 valence electrons. The number of nitrogens with zero attached hydrogens (tertiary/aromatic N) is 2. The quantitative estimate of drug-likeness (QED) is 0.300. The molecule has 4 rings (SSSR count). The number of methoxy groups -OCH3 is 1. The van der Waals surface area contributed by atoms with Crippen LogP contribution in [0, 0.1) is 13.8 Å². The van der Waals surface area contributed by atoms with Crippen molar-refractivity contribution in [2.24, 2.45) is 0 Å². The molecule has 0 spiro atoms.